The normalized spacial score (nSPS) is 9.76. The van der Waals surface area contributed by atoms with E-state index in [1.807, 2.05) is 31.2 Å². The SMILES string of the molecule is Cc1ccccc1NC(=O)Nc1ccc(OCC=O)cc1. The lowest BCUT2D eigenvalue weighted by molar-refractivity contribution is -0.109. The maximum absolute atomic E-state index is 11.9. The van der Waals surface area contributed by atoms with E-state index in [1.165, 1.54) is 0 Å². The van der Waals surface area contributed by atoms with Crippen molar-refractivity contribution < 1.29 is 14.3 Å². The second kappa shape index (κ2) is 7.09. The van der Waals surface area contributed by atoms with Crippen LogP contribution in [0.2, 0.25) is 0 Å². The molecule has 2 amide bonds. The molecule has 21 heavy (non-hydrogen) atoms. The number of carbonyl (C=O) groups is 2. The second-order valence-electron chi connectivity index (χ2n) is 4.40. The summed E-state index contributed by atoms with van der Waals surface area (Å²) < 4.78 is 5.13. The number of para-hydroxylation sites is 1. The molecule has 0 bridgehead atoms. The maximum atomic E-state index is 11.9. The van der Waals surface area contributed by atoms with Crippen LogP contribution >= 0.6 is 0 Å². The minimum atomic E-state index is -0.314. The van der Waals surface area contributed by atoms with Crippen molar-refractivity contribution in [3.05, 3.63) is 54.1 Å². The summed E-state index contributed by atoms with van der Waals surface area (Å²) in [4.78, 5) is 22.1. The standard InChI is InChI=1S/C16H16N2O3/c1-12-4-2-3-5-15(12)18-16(20)17-13-6-8-14(9-7-13)21-11-10-19/h2-10H,11H2,1H3,(H2,17,18,20). The van der Waals surface area contributed by atoms with Crippen molar-refractivity contribution in [3.63, 3.8) is 0 Å². The molecule has 5 nitrogen and oxygen atoms in total. The quantitative estimate of drug-likeness (QED) is 0.828. The van der Waals surface area contributed by atoms with Gasteiger partial charge < -0.3 is 15.4 Å². The number of hydrogen-bond donors (Lipinski definition) is 2. The lowest BCUT2D eigenvalue weighted by Gasteiger charge is -2.10. The monoisotopic (exact) mass is 284 g/mol. The molecule has 0 aromatic heterocycles. The molecule has 2 aromatic rings. The zero-order valence-corrected chi connectivity index (χ0v) is 11.6. The lowest BCUT2D eigenvalue weighted by atomic mass is 10.2. The molecule has 0 spiro atoms. The van der Waals surface area contributed by atoms with Crippen LogP contribution in [0.25, 0.3) is 0 Å². The van der Waals surface area contributed by atoms with Gasteiger partial charge in [-0.3, -0.25) is 4.79 Å². The molecule has 0 radical (unpaired) electrons. The number of amides is 2. The van der Waals surface area contributed by atoms with E-state index >= 15 is 0 Å². The molecule has 5 heteroatoms. The zero-order valence-electron chi connectivity index (χ0n) is 11.6. The number of rotatable bonds is 5. The number of carbonyl (C=O) groups excluding carboxylic acids is 2. The Balaban J connectivity index is 1.93. The summed E-state index contributed by atoms with van der Waals surface area (Å²) in [5.74, 6) is 0.576. The summed E-state index contributed by atoms with van der Waals surface area (Å²) in [7, 11) is 0. The molecule has 0 aliphatic rings. The van der Waals surface area contributed by atoms with E-state index in [0.29, 0.717) is 17.7 Å². The maximum Gasteiger partial charge on any atom is 0.323 e. The largest absolute Gasteiger partial charge is 0.486 e. The molecule has 0 heterocycles. The topological polar surface area (TPSA) is 67.4 Å². The highest BCUT2D eigenvalue weighted by molar-refractivity contribution is 6.00. The first-order chi connectivity index (χ1) is 10.2. The average Bonchev–Trinajstić information content (AvgIpc) is 2.49. The summed E-state index contributed by atoms with van der Waals surface area (Å²) in [5, 5.41) is 5.51. The fourth-order valence-electron chi connectivity index (χ4n) is 1.76. The fourth-order valence-corrected chi connectivity index (χ4v) is 1.76. The molecular formula is C16H16N2O3. The Hall–Kier alpha value is -2.82. The number of hydrogen-bond acceptors (Lipinski definition) is 3. The van der Waals surface area contributed by atoms with Gasteiger partial charge >= 0.3 is 6.03 Å². The second-order valence-corrected chi connectivity index (χ2v) is 4.40. The number of anilines is 2. The molecule has 0 unspecified atom stereocenters. The van der Waals surface area contributed by atoms with Crippen molar-refractivity contribution >= 4 is 23.7 Å². The van der Waals surface area contributed by atoms with E-state index < -0.39 is 0 Å². The average molecular weight is 284 g/mol. The Labute approximate surface area is 122 Å². The van der Waals surface area contributed by atoms with Crippen molar-refractivity contribution in [3.8, 4) is 5.75 Å². The Morgan fingerprint density at radius 3 is 2.48 bits per heavy atom. The summed E-state index contributed by atoms with van der Waals surface area (Å²) in [6.07, 6.45) is 0.682. The molecule has 0 aliphatic carbocycles. The number of benzene rings is 2. The summed E-state index contributed by atoms with van der Waals surface area (Å²) >= 11 is 0. The van der Waals surface area contributed by atoms with Crippen LogP contribution in [0.5, 0.6) is 5.75 Å². The molecule has 0 fully saturated rings. The minimum Gasteiger partial charge on any atom is -0.486 e. The van der Waals surface area contributed by atoms with Crippen molar-refractivity contribution in [1.29, 1.82) is 0 Å². The van der Waals surface area contributed by atoms with Crippen LogP contribution in [0.3, 0.4) is 0 Å². The third-order valence-electron chi connectivity index (χ3n) is 2.82. The van der Waals surface area contributed by atoms with Gasteiger partial charge in [-0.15, -0.1) is 0 Å². The predicted octanol–water partition coefficient (Wildman–Crippen LogP) is 3.22. The van der Waals surface area contributed by atoms with Gasteiger partial charge in [-0.2, -0.15) is 0 Å². The Morgan fingerprint density at radius 2 is 1.81 bits per heavy atom. The molecule has 108 valence electrons. The van der Waals surface area contributed by atoms with Gasteiger partial charge in [-0.1, -0.05) is 18.2 Å². The van der Waals surface area contributed by atoms with Crippen molar-refractivity contribution in [2.75, 3.05) is 17.2 Å². The minimum absolute atomic E-state index is 0.0144. The van der Waals surface area contributed by atoms with Crippen LogP contribution in [-0.4, -0.2) is 18.9 Å². The Bertz CT molecular complexity index is 624. The van der Waals surface area contributed by atoms with Crippen LogP contribution in [0.15, 0.2) is 48.5 Å². The first-order valence-corrected chi connectivity index (χ1v) is 6.49. The van der Waals surface area contributed by atoms with Gasteiger partial charge in [0.05, 0.1) is 0 Å². The number of aryl methyl sites for hydroxylation is 1. The molecule has 2 N–H and O–H groups in total. The van der Waals surface area contributed by atoms with E-state index in [0.717, 1.165) is 11.3 Å². The predicted molar refractivity (Wildman–Crippen MR) is 81.8 cm³/mol. The summed E-state index contributed by atoms with van der Waals surface area (Å²) in [5.41, 5.74) is 2.39. The van der Waals surface area contributed by atoms with Crippen LogP contribution in [0, 0.1) is 6.92 Å². The van der Waals surface area contributed by atoms with E-state index in [1.54, 1.807) is 24.3 Å². The van der Waals surface area contributed by atoms with E-state index in [2.05, 4.69) is 10.6 Å². The highest BCUT2D eigenvalue weighted by Crippen LogP contribution is 2.17. The molecule has 0 saturated carbocycles. The van der Waals surface area contributed by atoms with Gasteiger partial charge in [-0.05, 0) is 42.8 Å². The van der Waals surface area contributed by atoms with Crippen molar-refractivity contribution in [2.45, 2.75) is 6.92 Å². The zero-order chi connectivity index (χ0) is 15.1. The third kappa shape index (κ3) is 4.35. The van der Waals surface area contributed by atoms with Crippen LogP contribution < -0.4 is 15.4 Å². The van der Waals surface area contributed by atoms with E-state index in [4.69, 9.17) is 4.74 Å². The van der Waals surface area contributed by atoms with Crippen molar-refractivity contribution in [2.24, 2.45) is 0 Å². The number of aldehydes is 1. The number of urea groups is 1. The van der Waals surface area contributed by atoms with Gasteiger partial charge in [-0.25, -0.2) is 4.79 Å². The van der Waals surface area contributed by atoms with Gasteiger partial charge in [0.25, 0.3) is 0 Å². The van der Waals surface area contributed by atoms with Crippen LogP contribution in [0.1, 0.15) is 5.56 Å². The van der Waals surface area contributed by atoms with Crippen LogP contribution in [-0.2, 0) is 4.79 Å². The third-order valence-corrected chi connectivity index (χ3v) is 2.82. The number of ether oxygens (including phenoxy) is 1. The van der Waals surface area contributed by atoms with E-state index in [-0.39, 0.29) is 12.6 Å². The van der Waals surface area contributed by atoms with Gasteiger partial charge in [0, 0.05) is 11.4 Å². The van der Waals surface area contributed by atoms with E-state index in [9.17, 15) is 9.59 Å². The highest BCUT2D eigenvalue weighted by Gasteiger charge is 2.04. The molecule has 0 saturated heterocycles. The van der Waals surface area contributed by atoms with Crippen LogP contribution in [0.4, 0.5) is 16.2 Å². The van der Waals surface area contributed by atoms with Gasteiger partial charge in [0.1, 0.15) is 12.4 Å². The first-order valence-electron chi connectivity index (χ1n) is 6.49. The Kier molecular flexibility index (Phi) is 4.93. The highest BCUT2D eigenvalue weighted by atomic mass is 16.5. The molecular weight excluding hydrogens is 268 g/mol. The number of nitrogens with one attached hydrogen (secondary N) is 2. The smallest absolute Gasteiger partial charge is 0.323 e. The lowest BCUT2D eigenvalue weighted by Crippen LogP contribution is -2.19. The molecule has 2 aromatic carbocycles. The van der Waals surface area contributed by atoms with Gasteiger partial charge in [0.15, 0.2) is 6.29 Å². The first kappa shape index (κ1) is 14.6. The molecule has 0 atom stereocenters. The molecule has 0 aliphatic heterocycles. The summed E-state index contributed by atoms with van der Waals surface area (Å²) in [6, 6.07) is 14.0. The Morgan fingerprint density at radius 1 is 1.10 bits per heavy atom. The van der Waals surface area contributed by atoms with Gasteiger partial charge in [0.2, 0.25) is 0 Å². The fraction of sp³-hybridized carbons (Fsp3) is 0.125. The summed E-state index contributed by atoms with van der Waals surface area (Å²) in [6.45, 7) is 1.94. The van der Waals surface area contributed by atoms with Crippen molar-refractivity contribution in [1.82, 2.24) is 0 Å². The molecule has 2 rings (SSSR count).